The second-order valence-corrected chi connectivity index (χ2v) is 24.1. The molecule has 10 aliphatic rings. The van der Waals surface area contributed by atoms with Crippen molar-refractivity contribution < 1.29 is 104 Å². The molecule has 0 radical (unpaired) electrons. The third-order valence-corrected chi connectivity index (χ3v) is 20.0. The van der Waals surface area contributed by atoms with Crippen LogP contribution < -0.4 is 5.32 Å². The van der Waals surface area contributed by atoms with Gasteiger partial charge in [-0.1, -0.05) is 39.3 Å². The summed E-state index contributed by atoms with van der Waals surface area (Å²) in [5, 5.41) is 133. The van der Waals surface area contributed by atoms with Crippen LogP contribution in [0.3, 0.4) is 0 Å². The number of fused-ring (bicyclic) bond motifs is 7. The van der Waals surface area contributed by atoms with Crippen molar-refractivity contribution in [1.82, 2.24) is 5.32 Å². The fourth-order valence-electron chi connectivity index (χ4n) is 15.6. The maximum atomic E-state index is 11.8. The molecule has 10 rings (SSSR count). The van der Waals surface area contributed by atoms with Gasteiger partial charge in [0.15, 0.2) is 25.2 Å². The van der Waals surface area contributed by atoms with Gasteiger partial charge in [-0.05, 0) is 105 Å². The summed E-state index contributed by atoms with van der Waals surface area (Å²) in [6.45, 7) is 9.96. The molecule has 0 aromatic rings. The Kier molecular flexibility index (Phi) is 16.0. The van der Waals surface area contributed by atoms with E-state index >= 15 is 0 Å². The first kappa shape index (κ1) is 55.2. The fourth-order valence-corrected chi connectivity index (χ4v) is 15.6. The monoisotopic (exact) mass is 1050 g/mol. The lowest BCUT2D eigenvalue weighted by molar-refractivity contribution is -0.395. The molecule has 13 N–H and O–H groups in total. The molecule has 22 nitrogen and oxygen atoms in total. The Balaban J connectivity index is 0.866. The Morgan fingerprint density at radius 2 is 1.23 bits per heavy atom. The molecule has 31 atom stereocenters. The molecule has 22 heteroatoms. The van der Waals surface area contributed by atoms with Gasteiger partial charge in [-0.2, -0.15) is 0 Å². The summed E-state index contributed by atoms with van der Waals surface area (Å²) in [7, 11) is 0. The van der Waals surface area contributed by atoms with Crippen molar-refractivity contribution in [3.05, 3.63) is 11.6 Å². The number of piperidine rings is 1. The Labute approximate surface area is 425 Å². The highest BCUT2D eigenvalue weighted by molar-refractivity contribution is 5.27. The third-order valence-electron chi connectivity index (χ3n) is 20.0. The normalized spacial score (nSPS) is 57.1. The molecule has 1 spiro atoms. The molecule has 6 saturated heterocycles. The number of hydrogen-bond donors (Lipinski definition) is 13. The summed E-state index contributed by atoms with van der Waals surface area (Å²) in [5.41, 5.74) is 1.15. The van der Waals surface area contributed by atoms with E-state index in [1.165, 1.54) is 18.9 Å². The van der Waals surface area contributed by atoms with Crippen LogP contribution in [0.2, 0.25) is 0 Å². The zero-order valence-electron chi connectivity index (χ0n) is 42.5. The lowest BCUT2D eigenvalue weighted by atomic mass is 9.47. The molecule has 0 unspecified atom stereocenters. The zero-order valence-corrected chi connectivity index (χ0v) is 42.5. The number of ether oxygens (including phenoxy) is 9. The van der Waals surface area contributed by atoms with E-state index < -0.39 is 149 Å². The second kappa shape index (κ2) is 21.2. The van der Waals surface area contributed by atoms with E-state index in [9.17, 15) is 61.3 Å². The summed E-state index contributed by atoms with van der Waals surface area (Å²) in [5.74, 6) is 3.10. The summed E-state index contributed by atoms with van der Waals surface area (Å²) in [6.07, 6.45) is -22.4. The van der Waals surface area contributed by atoms with Crippen LogP contribution in [0.1, 0.15) is 92.4 Å². The van der Waals surface area contributed by atoms with Crippen LogP contribution in [-0.2, 0) is 42.6 Å². The lowest BCUT2D eigenvalue weighted by Gasteiger charge is -2.59. The van der Waals surface area contributed by atoms with Gasteiger partial charge in [-0.15, -0.1) is 0 Å². The summed E-state index contributed by atoms with van der Waals surface area (Å²) >= 11 is 0. The number of allylic oxidation sites excluding steroid dienone is 1. The highest BCUT2D eigenvalue weighted by Gasteiger charge is 2.68. The first-order valence-corrected chi connectivity index (χ1v) is 27.0. The molecule has 0 aromatic carbocycles. The summed E-state index contributed by atoms with van der Waals surface area (Å²) < 4.78 is 55.6. The van der Waals surface area contributed by atoms with E-state index in [1.807, 2.05) is 0 Å². The predicted octanol–water partition coefficient (Wildman–Crippen LogP) is -2.39. The highest BCUT2D eigenvalue weighted by Crippen LogP contribution is 2.70. The Bertz CT molecular complexity index is 1930. The number of nitrogens with one attached hydrogen (secondary N) is 1. The fraction of sp³-hybridized carbons (Fsp3) is 0.961. The van der Waals surface area contributed by atoms with Crippen LogP contribution in [0, 0.1) is 46.3 Å². The molecular weight excluding hydrogens is 963 g/mol. The molecular formula is C51H83NO21. The molecule has 9 fully saturated rings. The summed E-state index contributed by atoms with van der Waals surface area (Å²) in [4.78, 5) is 0. The summed E-state index contributed by atoms with van der Waals surface area (Å²) in [6, 6.07) is 0. The van der Waals surface area contributed by atoms with Gasteiger partial charge in [-0.25, -0.2) is 0 Å². The molecule has 0 amide bonds. The van der Waals surface area contributed by atoms with Crippen LogP contribution in [0.4, 0.5) is 0 Å². The minimum atomic E-state index is -1.99. The van der Waals surface area contributed by atoms with E-state index in [4.69, 9.17) is 42.6 Å². The Hall–Kier alpha value is -1.14. The molecule has 6 heterocycles. The standard InChI is InChI=1S/C51H83NO21/c1-20-8-13-51(52-16-20)21(2)32-28(73-51)15-27-25-7-6-23-14-24(9-11-49(23,4)26(25)10-12-50(27,32)5)67-48-44(72-46-41(63)37(59)33(55)22(3)66-46)43(36(58)30(18-54)69-48)71-47-42(64)39(61)35(57)31(70-47)19-65-45-40(62)38(60)34(56)29(17-53)68-45/h6,20-22,24-48,52-64H,7-19H2,1-5H3/t20-,21+,22+,24+,25-,26+,27+,28+,29-,30-,31-,32+,33+,34-,35-,36+,37-,38+,39+,40-,41-,42-,43+,44-,45-,46+,47+,48-,49+,50+,51-/m1/s1. The van der Waals surface area contributed by atoms with Gasteiger partial charge in [0.1, 0.15) is 97.3 Å². The van der Waals surface area contributed by atoms with Crippen molar-refractivity contribution in [1.29, 1.82) is 0 Å². The van der Waals surface area contributed by atoms with E-state index in [2.05, 4.69) is 39.1 Å². The molecule has 418 valence electrons. The van der Waals surface area contributed by atoms with E-state index in [0.717, 1.165) is 45.1 Å². The predicted molar refractivity (Wildman–Crippen MR) is 249 cm³/mol. The number of hydrogen-bond acceptors (Lipinski definition) is 22. The average molecular weight is 1050 g/mol. The van der Waals surface area contributed by atoms with Crippen LogP contribution in [0.15, 0.2) is 11.6 Å². The van der Waals surface area contributed by atoms with E-state index in [1.54, 1.807) is 0 Å². The van der Waals surface area contributed by atoms with Crippen molar-refractivity contribution in [3.8, 4) is 0 Å². The zero-order chi connectivity index (χ0) is 52.2. The SMILES string of the molecule is C[C@@H]1CC[C@@]2(NC1)O[C@H]1C[C@H]3[C@@H]4CC=C5C[C@@H](O[C@@H]6O[C@H](CO)[C@H](O)[C@H](O[C@@H]7O[C@H](CO[C@@H]8O[C@H](CO)[C@@H](O)[C@H](O)[C@H]8O)[C@@H](O)[C@H](O)[C@H]7O)[C@H]6O[C@@H]6O[C@@H](C)[C@H](O)[C@@H](O)[C@H]6O)CC[C@]5(C)[C@H]4CC[C@]3(C)[C@H]1[C@@H]2C. The molecule has 6 aliphatic heterocycles. The Morgan fingerprint density at radius 1 is 0.616 bits per heavy atom. The average Bonchev–Trinajstić information content (AvgIpc) is 3.82. The molecule has 73 heavy (non-hydrogen) atoms. The van der Waals surface area contributed by atoms with E-state index in [0.29, 0.717) is 48.3 Å². The van der Waals surface area contributed by atoms with Crippen molar-refractivity contribution in [3.63, 3.8) is 0 Å². The van der Waals surface area contributed by atoms with Crippen LogP contribution in [-0.4, -0.2) is 228 Å². The topological polar surface area (TPSA) is 338 Å². The van der Waals surface area contributed by atoms with Gasteiger partial charge in [-0.3, -0.25) is 5.32 Å². The molecule has 4 aliphatic carbocycles. The smallest absolute Gasteiger partial charge is 0.187 e. The maximum Gasteiger partial charge on any atom is 0.187 e. The number of aliphatic hydroxyl groups excluding tert-OH is 12. The van der Waals surface area contributed by atoms with Gasteiger partial charge in [0.25, 0.3) is 0 Å². The largest absolute Gasteiger partial charge is 0.394 e. The van der Waals surface area contributed by atoms with Crippen molar-refractivity contribution in [2.45, 2.75) is 233 Å². The van der Waals surface area contributed by atoms with Crippen molar-refractivity contribution >= 4 is 0 Å². The van der Waals surface area contributed by atoms with Crippen LogP contribution in [0.5, 0.6) is 0 Å². The third kappa shape index (κ3) is 9.52. The quantitative estimate of drug-likeness (QED) is 0.0961. The first-order chi connectivity index (χ1) is 34.6. The van der Waals surface area contributed by atoms with Gasteiger partial charge < -0.3 is 104 Å². The second-order valence-electron chi connectivity index (χ2n) is 24.1. The molecule has 0 aromatic heterocycles. The first-order valence-electron chi connectivity index (χ1n) is 27.0. The van der Waals surface area contributed by atoms with E-state index in [-0.39, 0.29) is 22.7 Å². The molecule has 0 bridgehead atoms. The highest BCUT2D eigenvalue weighted by atomic mass is 16.8. The Morgan fingerprint density at radius 3 is 1.92 bits per heavy atom. The minimum absolute atomic E-state index is 0.0918. The van der Waals surface area contributed by atoms with Crippen molar-refractivity contribution in [2.75, 3.05) is 26.4 Å². The number of aliphatic hydroxyl groups is 12. The van der Waals surface area contributed by atoms with Gasteiger partial charge in [0.05, 0.1) is 38.1 Å². The van der Waals surface area contributed by atoms with Gasteiger partial charge >= 0.3 is 0 Å². The molecule has 3 saturated carbocycles. The van der Waals surface area contributed by atoms with Gasteiger partial charge in [0.2, 0.25) is 0 Å². The lowest BCUT2D eigenvalue weighted by Crippen LogP contribution is -2.67. The minimum Gasteiger partial charge on any atom is -0.394 e. The number of rotatable bonds is 11. The van der Waals surface area contributed by atoms with Crippen LogP contribution in [0.25, 0.3) is 0 Å². The van der Waals surface area contributed by atoms with Crippen LogP contribution >= 0.6 is 0 Å². The maximum absolute atomic E-state index is 11.8. The van der Waals surface area contributed by atoms with Crippen molar-refractivity contribution in [2.24, 2.45) is 46.3 Å². The van der Waals surface area contributed by atoms with Gasteiger partial charge in [0, 0.05) is 12.5 Å².